The number of nitrogens with two attached hydrogens (primary N) is 2. The summed E-state index contributed by atoms with van der Waals surface area (Å²) in [7, 11) is -4.79. The Bertz CT molecular complexity index is 334. The highest BCUT2D eigenvalue weighted by Crippen LogP contribution is 2.43. The fourth-order valence-electron chi connectivity index (χ4n) is 0.528. The number of aliphatic carboxylic acids is 1. The van der Waals surface area contributed by atoms with Gasteiger partial charge < -0.3 is 26.2 Å². The number of carbonyl (C=O) groups excluding carboxylic acids is 1. The highest BCUT2D eigenvalue weighted by Gasteiger charge is 2.30. The summed E-state index contributed by atoms with van der Waals surface area (Å²) in [5, 5.41) is 16.8. The van der Waals surface area contributed by atoms with Crippen LogP contribution in [0, 0.1) is 0 Å². The Morgan fingerprint density at radius 1 is 1.29 bits per heavy atom. The molecular formula is C6H13N2O8P. The summed E-state index contributed by atoms with van der Waals surface area (Å²) in [6, 6.07) is -3.03. The molecule has 0 aliphatic carbocycles. The molecule has 7 N–H and O–H groups in total. The second kappa shape index (κ2) is 6.64. The zero-order valence-corrected chi connectivity index (χ0v) is 9.45. The molecule has 0 aromatic rings. The molecule has 17 heavy (non-hydrogen) atoms. The molecule has 0 amide bonds. The lowest BCUT2D eigenvalue weighted by Gasteiger charge is -2.14. The lowest BCUT2D eigenvalue weighted by molar-refractivity contribution is -0.139. The van der Waals surface area contributed by atoms with Crippen molar-refractivity contribution < 1.29 is 38.3 Å². The molecule has 1 unspecified atom stereocenters. The molecule has 0 aromatic heterocycles. The van der Waals surface area contributed by atoms with Crippen LogP contribution in [0.4, 0.5) is 0 Å². The third-order valence-electron chi connectivity index (χ3n) is 1.44. The van der Waals surface area contributed by atoms with Crippen molar-refractivity contribution in [2.24, 2.45) is 11.5 Å². The van der Waals surface area contributed by atoms with E-state index in [-0.39, 0.29) is 0 Å². The van der Waals surface area contributed by atoms with Crippen molar-refractivity contribution in [2.45, 2.75) is 12.1 Å². The van der Waals surface area contributed by atoms with E-state index < -0.39 is 45.1 Å². The second-order valence-corrected chi connectivity index (χ2v) is 4.29. The molecule has 10 nitrogen and oxygen atoms in total. The van der Waals surface area contributed by atoms with Crippen LogP contribution in [0.2, 0.25) is 0 Å². The van der Waals surface area contributed by atoms with E-state index in [1.807, 2.05) is 0 Å². The number of rotatable bonds is 7. The highest BCUT2D eigenvalue weighted by molar-refractivity contribution is 7.48. The van der Waals surface area contributed by atoms with Gasteiger partial charge in [0.05, 0.1) is 13.2 Å². The van der Waals surface area contributed by atoms with Crippen molar-refractivity contribution >= 4 is 19.8 Å². The van der Waals surface area contributed by atoms with Gasteiger partial charge in [0.1, 0.15) is 12.1 Å². The van der Waals surface area contributed by atoms with E-state index in [0.717, 1.165) is 0 Å². The van der Waals surface area contributed by atoms with E-state index in [9.17, 15) is 14.2 Å². The Kier molecular flexibility index (Phi) is 6.24. The van der Waals surface area contributed by atoms with E-state index in [2.05, 4.69) is 9.05 Å². The number of carboxylic acids is 1. The molecule has 0 rings (SSSR count). The number of phosphoric ester groups is 1. The molecule has 0 aliphatic heterocycles. The molecule has 3 atom stereocenters. The zero-order valence-electron chi connectivity index (χ0n) is 8.55. The van der Waals surface area contributed by atoms with Crippen LogP contribution >= 0.6 is 7.82 Å². The number of hydrogen-bond donors (Lipinski definition) is 5. The molecule has 0 radical (unpaired) electrons. The van der Waals surface area contributed by atoms with Crippen LogP contribution in [0.5, 0.6) is 0 Å². The van der Waals surface area contributed by atoms with Crippen LogP contribution in [0.1, 0.15) is 0 Å². The zero-order chi connectivity index (χ0) is 13.6. The van der Waals surface area contributed by atoms with Crippen molar-refractivity contribution in [3.63, 3.8) is 0 Å². The van der Waals surface area contributed by atoms with Gasteiger partial charge in [-0.25, -0.2) is 9.36 Å². The van der Waals surface area contributed by atoms with Crippen LogP contribution in [-0.4, -0.2) is 52.3 Å². The fourth-order valence-corrected chi connectivity index (χ4v) is 1.29. The van der Waals surface area contributed by atoms with Crippen LogP contribution in [-0.2, 0) is 23.2 Å². The molecule has 0 heterocycles. The summed E-state index contributed by atoms with van der Waals surface area (Å²) in [6.45, 7) is -1.61. The second-order valence-electron chi connectivity index (χ2n) is 2.91. The minimum absolute atomic E-state index is 0.784. The quantitative estimate of drug-likeness (QED) is 0.307. The number of phosphoric acid groups is 1. The van der Waals surface area contributed by atoms with E-state index >= 15 is 0 Å². The van der Waals surface area contributed by atoms with Crippen LogP contribution in [0.3, 0.4) is 0 Å². The summed E-state index contributed by atoms with van der Waals surface area (Å²) in [6.07, 6.45) is 0. The molecule has 0 aliphatic rings. The van der Waals surface area contributed by atoms with Gasteiger partial charge in [0.2, 0.25) is 0 Å². The maximum absolute atomic E-state index is 11.1. The van der Waals surface area contributed by atoms with Gasteiger partial charge in [0, 0.05) is 0 Å². The number of hydrogen-bond acceptors (Lipinski definition) is 8. The van der Waals surface area contributed by atoms with Gasteiger partial charge in [0.15, 0.2) is 0 Å². The average molecular weight is 272 g/mol. The lowest BCUT2D eigenvalue weighted by atomic mass is 10.3. The van der Waals surface area contributed by atoms with Gasteiger partial charge in [-0.05, 0) is 0 Å². The molecule has 0 fully saturated rings. The Hall–Kier alpha value is -1.03. The van der Waals surface area contributed by atoms with E-state index in [4.69, 9.17) is 26.6 Å². The Labute approximate surface area is 95.7 Å². The van der Waals surface area contributed by atoms with Crippen molar-refractivity contribution in [1.29, 1.82) is 0 Å². The molecule has 0 aromatic carbocycles. The summed E-state index contributed by atoms with van der Waals surface area (Å²) in [5.41, 5.74) is 9.98. The normalized spacial score (nSPS) is 17.9. The van der Waals surface area contributed by atoms with E-state index in [1.54, 1.807) is 0 Å². The smallest absolute Gasteiger partial charge is 0.480 e. The van der Waals surface area contributed by atoms with Gasteiger partial charge in [-0.3, -0.25) is 14.2 Å². The molecule has 0 bridgehead atoms. The van der Waals surface area contributed by atoms with Gasteiger partial charge in [-0.1, -0.05) is 0 Å². The number of carbonyl (C=O) groups is 2. The monoisotopic (exact) mass is 272 g/mol. The minimum Gasteiger partial charge on any atom is -0.480 e. The van der Waals surface area contributed by atoms with Crippen molar-refractivity contribution in [3.05, 3.63) is 0 Å². The third kappa shape index (κ3) is 6.31. The maximum Gasteiger partial charge on any atom is 0.529 e. The summed E-state index contributed by atoms with van der Waals surface area (Å²) < 4.78 is 19.2. The van der Waals surface area contributed by atoms with Gasteiger partial charge in [0.25, 0.3) is 0 Å². The Morgan fingerprint density at radius 3 is 2.24 bits per heavy atom. The summed E-state index contributed by atoms with van der Waals surface area (Å²) >= 11 is 0. The largest absolute Gasteiger partial charge is 0.529 e. The van der Waals surface area contributed by atoms with E-state index in [0.29, 0.717) is 0 Å². The fraction of sp³-hybridized carbons (Fsp3) is 0.667. The van der Waals surface area contributed by atoms with Crippen LogP contribution in [0.25, 0.3) is 0 Å². The third-order valence-corrected chi connectivity index (χ3v) is 2.33. The summed E-state index contributed by atoms with van der Waals surface area (Å²) in [5.74, 6) is -2.81. The van der Waals surface area contributed by atoms with Gasteiger partial charge >= 0.3 is 19.8 Å². The summed E-state index contributed by atoms with van der Waals surface area (Å²) in [4.78, 5) is 30.1. The Morgan fingerprint density at radius 2 is 1.82 bits per heavy atom. The minimum atomic E-state index is -4.79. The molecule has 11 heteroatoms. The van der Waals surface area contributed by atoms with E-state index in [1.165, 1.54) is 0 Å². The molecule has 0 spiro atoms. The Balaban J connectivity index is 4.26. The maximum atomic E-state index is 11.1. The molecule has 0 saturated carbocycles. The first-order valence-corrected chi connectivity index (χ1v) is 5.74. The predicted octanol–water partition coefficient (Wildman–Crippen LogP) is -2.62. The first-order chi connectivity index (χ1) is 7.69. The highest BCUT2D eigenvalue weighted by atomic mass is 31.2. The van der Waals surface area contributed by atoms with Crippen molar-refractivity contribution in [1.82, 2.24) is 0 Å². The lowest BCUT2D eigenvalue weighted by Crippen LogP contribution is -2.36. The van der Waals surface area contributed by atoms with Crippen molar-refractivity contribution in [3.8, 4) is 0 Å². The standard InChI is InChI=1S/C6H13N2O8P/c7-3(1-9)6(12)16-17(13,14)15-2-4(8)5(10)11/h3-4,9H,1-2,7-8H2,(H,10,11)(H,13,14)/t3-,4-/m0/s1. The topological polar surface area (TPSA) is 182 Å². The predicted molar refractivity (Wildman–Crippen MR) is 52.5 cm³/mol. The number of aliphatic hydroxyl groups is 1. The number of aliphatic hydroxyl groups excluding tert-OH is 1. The molecule has 100 valence electrons. The number of carboxylic acid groups (broad SMARTS) is 1. The first kappa shape index (κ1) is 16.0. The van der Waals surface area contributed by atoms with Crippen LogP contribution < -0.4 is 11.5 Å². The first-order valence-electron chi connectivity index (χ1n) is 4.25. The van der Waals surface area contributed by atoms with Gasteiger partial charge in [-0.15, -0.1) is 0 Å². The van der Waals surface area contributed by atoms with Crippen molar-refractivity contribution in [2.75, 3.05) is 13.2 Å². The average Bonchev–Trinajstić information content (AvgIpc) is 2.23. The molecule has 0 saturated heterocycles. The van der Waals surface area contributed by atoms with Gasteiger partial charge in [-0.2, -0.15) is 0 Å². The SMILES string of the molecule is N[C@@H](COP(=O)(O)OC(=O)[C@@H](N)CO)C(=O)O. The van der Waals surface area contributed by atoms with Crippen LogP contribution in [0.15, 0.2) is 0 Å². The molecular weight excluding hydrogens is 259 g/mol.